The van der Waals surface area contributed by atoms with Gasteiger partial charge in [0.05, 0.1) is 19.3 Å². The maximum absolute atomic E-state index is 13.5. The number of hydrogen-bond donors (Lipinski definition) is 2. The molecule has 0 aliphatic carbocycles. The summed E-state index contributed by atoms with van der Waals surface area (Å²) < 4.78 is 31.8. The number of hydrogen-bond acceptors (Lipinski definition) is 4. The van der Waals surface area contributed by atoms with E-state index in [1.54, 1.807) is 13.2 Å². The van der Waals surface area contributed by atoms with Crippen LogP contribution in [0.2, 0.25) is 0 Å². The average molecular weight is 336 g/mol. The predicted octanol–water partition coefficient (Wildman–Crippen LogP) is 3.19. The van der Waals surface area contributed by atoms with Gasteiger partial charge in [0.1, 0.15) is 0 Å². The topological polar surface area (TPSA) is 44.7 Å². The molecule has 130 valence electrons. The summed E-state index contributed by atoms with van der Waals surface area (Å²) in [6.07, 6.45) is 0. The molecule has 2 aromatic carbocycles. The van der Waals surface area contributed by atoms with Crippen LogP contribution in [0.25, 0.3) is 0 Å². The van der Waals surface area contributed by atoms with Gasteiger partial charge in [0, 0.05) is 32.1 Å². The zero-order valence-corrected chi connectivity index (χ0v) is 13.8. The normalized spacial score (nSPS) is 12.0. The van der Waals surface area contributed by atoms with Gasteiger partial charge in [-0.15, -0.1) is 0 Å². The molecule has 24 heavy (non-hydrogen) atoms. The highest BCUT2D eigenvalue weighted by atomic mass is 19.2. The van der Waals surface area contributed by atoms with Crippen LogP contribution in [0.15, 0.2) is 42.5 Å². The van der Waals surface area contributed by atoms with Crippen LogP contribution in [0, 0.1) is 11.6 Å². The maximum atomic E-state index is 13.5. The molecule has 0 aliphatic rings. The quantitative estimate of drug-likeness (QED) is 0.777. The van der Waals surface area contributed by atoms with Crippen molar-refractivity contribution in [1.29, 1.82) is 0 Å². The number of anilines is 2. The van der Waals surface area contributed by atoms with Crippen molar-refractivity contribution in [2.24, 2.45) is 0 Å². The zero-order valence-electron chi connectivity index (χ0n) is 13.8. The smallest absolute Gasteiger partial charge is 0.159 e. The van der Waals surface area contributed by atoms with Crippen LogP contribution in [-0.4, -0.2) is 39.0 Å². The Balaban J connectivity index is 2.13. The van der Waals surface area contributed by atoms with Crippen molar-refractivity contribution in [3.63, 3.8) is 0 Å². The molecule has 2 N–H and O–H groups in total. The van der Waals surface area contributed by atoms with E-state index in [4.69, 9.17) is 9.84 Å². The van der Waals surface area contributed by atoms with Crippen molar-refractivity contribution in [3.05, 3.63) is 59.7 Å². The van der Waals surface area contributed by atoms with Crippen molar-refractivity contribution in [1.82, 2.24) is 0 Å². The van der Waals surface area contributed by atoms with Crippen LogP contribution in [0.3, 0.4) is 0 Å². The molecule has 0 aromatic heterocycles. The molecule has 0 amide bonds. The number of benzene rings is 2. The summed E-state index contributed by atoms with van der Waals surface area (Å²) in [5.74, 6) is -1.75. The second-order valence-corrected chi connectivity index (χ2v) is 5.52. The highest BCUT2D eigenvalue weighted by Crippen LogP contribution is 2.23. The van der Waals surface area contributed by atoms with E-state index < -0.39 is 11.6 Å². The lowest BCUT2D eigenvalue weighted by Gasteiger charge is -2.21. The summed E-state index contributed by atoms with van der Waals surface area (Å²) in [5, 5.41) is 12.2. The first kappa shape index (κ1) is 18.2. The number of halogens is 2. The Labute approximate surface area is 140 Å². The van der Waals surface area contributed by atoms with Gasteiger partial charge in [-0.25, -0.2) is 8.78 Å². The first-order valence-corrected chi connectivity index (χ1v) is 7.67. The molecule has 0 heterocycles. The minimum Gasteiger partial charge on any atom is -0.395 e. The highest BCUT2D eigenvalue weighted by Gasteiger charge is 2.14. The monoisotopic (exact) mass is 336 g/mol. The van der Waals surface area contributed by atoms with Crippen molar-refractivity contribution >= 4 is 11.4 Å². The minimum absolute atomic E-state index is 0.0859. The van der Waals surface area contributed by atoms with Gasteiger partial charge in [0.25, 0.3) is 0 Å². The summed E-state index contributed by atoms with van der Waals surface area (Å²) in [6, 6.07) is 11.2. The third kappa shape index (κ3) is 4.66. The molecule has 0 aliphatic heterocycles. The number of nitrogens with one attached hydrogen (secondary N) is 1. The van der Waals surface area contributed by atoms with Gasteiger partial charge in [0.15, 0.2) is 11.6 Å². The lowest BCUT2D eigenvalue weighted by atomic mass is 10.1. The van der Waals surface area contributed by atoms with E-state index in [9.17, 15) is 8.78 Å². The number of aliphatic hydroxyl groups is 1. The first-order valence-electron chi connectivity index (χ1n) is 7.67. The fourth-order valence-corrected chi connectivity index (χ4v) is 2.41. The molecule has 0 radical (unpaired) electrons. The van der Waals surface area contributed by atoms with E-state index in [0.29, 0.717) is 18.7 Å². The summed E-state index contributed by atoms with van der Waals surface area (Å²) in [5.41, 5.74) is 2.42. The molecule has 0 bridgehead atoms. The van der Waals surface area contributed by atoms with Crippen molar-refractivity contribution < 1.29 is 18.6 Å². The SMILES string of the molecule is COCC(Nc1ccc(N(C)CCO)cc1)c1ccc(F)c(F)c1. The Morgan fingerprint density at radius 2 is 1.83 bits per heavy atom. The predicted molar refractivity (Wildman–Crippen MR) is 91.4 cm³/mol. The van der Waals surface area contributed by atoms with Gasteiger partial charge >= 0.3 is 0 Å². The van der Waals surface area contributed by atoms with Gasteiger partial charge in [-0.3, -0.25) is 0 Å². The third-order valence-electron chi connectivity index (χ3n) is 3.76. The van der Waals surface area contributed by atoms with E-state index in [1.807, 2.05) is 36.2 Å². The fourth-order valence-electron chi connectivity index (χ4n) is 2.41. The Morgan fingerprint density at radius 3 is 2.42 bits per heavy atom. The molecule has 4 nitrogen and oxygen atoms in total. The zero-order chi connectivity index (χ0) is 17.5. The van der Waals surface area contributed by atoms with E-state index in [2.05, 4.69) is 5.32 Å². The van der Waals surface area contributed by atoms with Gasteiger partial charge in [-0.1, -0.05) is 6.07 Å². The molecule has 0 saturated heterocycles. The molecule has 0 saturated carbocycles. The maximum Gasteiger partial charge on any atom is 0.159 e. The fraction of sp³-hybridized carbons (Fsp3) is 0.333. The van der Waals surface area contributed by atoms with E-state index in [-0.39, 0.29) is 12.6 Å². The largest absolute Gasteiger partial charge is 0.395 e. The van der Waals surface area contributed by atoms with E-state index >= 15 is 0 Å². The second kappa shape index (κ2) is 8.61. The van der Waals surface area contributed by atoms with Gasteiger partial charge in [-0.05, 0) is 42.0 Å². The Bertz CT molecular complexity index is 650. The van der Waals surface area contributed by atoms with Crippen molar-refractivity contribution in [2.75, 3.05) is 44.1 Å². The number of likely N-dealkylation sites (N-methyl/N-ethyl adjacent to an activating group) is 1. The molecule has 2 rings (SSSR count). The summed E-state index contributed by atoms with van der Waals surface area (Å²) in [4.78, 5) is 1.94. The molecular formula is C18H22F2N2O2. The Morgan fingerprint density at radius 1 is 1.12 bits per heavy atom. The number of rotatable bonds is 8. The Hall–Kier alpha value is -2.18. The van der Waals surface area contributed by atoms with Crippen LogP contribution >= 0.6 is 0 Å². The van der Waals surface area contributed by atoms with E-state index in [0.717, 1.165) is 17.4 Å². The second-order valence-electron chi connectivity index (χ2n) is 5.52. The van der Waals surface area contributed by atoms with E-state index in [1.165, 1.54) is 6.07 Å². The van der Waals surface area contributed by atoms with Crippen LogP contribution < -0.4 is 10.2 Å². The lowest BCUT2D eigenvalue weighted by Crippen LogP contribution is -2.21. The molecule has 1 unspecified atom stereocenters. The number of ether oxygens (including phenoxy) is 1. The number of methoxy groups -OCH3 is 1. The molecule has 6 heteroatoms. The molecular weight excluding hydrogens is 314 g/mol. The summed E-state index contributed by atoms with van der Waals surface area (Å²) in [6.45, 7) is 0.952. The van der Waals surface area contributed by atoms with Gasteiger partial charge in [-0.2, -0.15) is 0 Å². The van der Waals surface area contributed by atoms with Crippen LogP contribution in [-0.2, 0) is 4.74 Å². The molecule has 0 spiro atoms. The third-order valence-corrected chi connectivity index (χ3v) is 3.76. The average Bonchev–Trinajstić information content (AvgIpc) is 2.58. The summed E-state index contributed by atoms with van der Waals surface area (Å²) >= 11 is 0. The van der Waals surface area contributed by atoms with Crippen molar-refractivity contribution in [2.45, 2.75) is 6.04 Å². The lowest BCUT2D eigenvalue weighted by molar-refractivity contribution is 0.186. The molecule has 0 fully saturated rings. The Kier molecular flexibility index (Phi) is 6.52. The van der Waals surface area contributed by atoms with Crippen LogP contribution in [0.1, 0.15) is 11.6 Å². The van der Waals surface area contributed by atoms with Crippen LogP contribution in [0.5, 0.6) is 0 Å². The molecule has 1 atom stereocenters. The van der Waals surface area contributed by atoms with Gasteiger partial charge < -0.3 is 20.1 Å². The van der Waals surface area contributed by atoms with Crippen LogP contribution in [0.4, 0.5) is 20.2 Å². The van der Waals surface area contributed by atoms with Gasteiger partial charge in [0.2, 0.25) is 0 Å². The first-order chi connectivity index (χ1) is 11.5. The summed E-state index contributed by atoms with van der Waals surface area (Å²) in [7, 11) is 3.45. The number of nitrogens with zero attached hydrogens (tertiary/aromatic N) is 1. The number of aliphatic hydroxyl groups excluding tert-OH is 1. The highest BCUT2D eigenvalue weighted by molar-refractivity contribution is 5.55. The molecule has 2 aromatic rings. The minimum atomic E-state index is -0.878. The standard InChI is InChI=1S/C18H22F2N2O2/c1-22(9-10-23)15-6-4-14(5-7-15)21-18(12-24-2)13-3-8-16(19)17(20)11-13/h3-8,11,18,21,23H,9-10,12H2,1-2H3. The van der Waals surface area contributed by atoms with Crippen molar-refractivity contribution in [3.8, 4) is 0 Å².